The van der Waals surface area contributed by atoms with E-state index in [0.29, 0.717) is 12.7 Å². The smallest absolute Gasteiger partial charge is 0.0960 e. The fraction of sp³-hybridized carbons (Fsp3) is 0.462. The van der Waals surface area contributed by atoms with Gasteiger partial charge in [-0.2, -0.15) is 5.10 Å². The molecule has 1 fully saturated rings. The Morgan fingerprint density at radius 3 is 3.18 bits per heavy atom. The number of benzene rings is 1. The Labute approximate surface area is 101 Å². The van der Waals surface area contributed by atoms with Crippen LogP contribution in [0.15, 0.2) is 24.3 Å². The molecule has 1 aromatic heterocycles. The van der Waals surface area contributed by atoms with Gasteiger partial charge in [0.1, 0.15) is 0 Å². The summed E-state index contributed by atoms with van der Waals surface area (Å²) >= 11 is 0. The molecule has 0 aliphatic carbocycles. The molecule has 1 aromatic carbocycles. The molecule has 1 aliphatic rings. The van der Waals surface area contributed by atoms with E-state index in [1.54, 1.807) is 0 Å². The van der Waals surface area contributed by atoms with Crippen LogP contribution in [-0.2, 0) is 18.4 Å². The quantitative estimate of drug-likeness (QED) is 0.869. The summed E-state index contributed by atoms with van der Waals surface area (Å²) in [6, 6.07) is 8.27. The maximum Gasteiger partial charge on any atom is 0.0960 e. The van der Waals surface area contributed by atoms with Crippen molar-refractivity contribution < 1.29 is 4.74 Å². The van der Waals surface area contributed by atoms with Crippen LogP contribution in [0.1, 0.15) is 12.1 Å². The fourth-order valence-electron chi connectivity index (χ4n) is 2.36. The first-order chi connectivity index (χ1) is 8.34. The molecular formula is C13H17N3O. The van der Waals surface area contributed by atoms with Crippen molar-refractivity contribution in [2.75, 3.05) is 13.1 Å². The maximum atomic E-state index is 5.87. The van der Waals surface area contributed by atoms with E-state index in [1.165, 1.54) is 5.39 Å². The van der Waals surface area contributed by atoms with Gasteiger partial charge in [-0.25, -0.2) is 0 Å². The zero-order chi connectivity index (χ0) is 11.7. The third-order valence-electron chi connectivity index (χ3n) is 3.31. The SMILES string of the molecule is Cn1nc(COC2CCNC2)c2ccccc21. The number of nitrogens with one attached hydrogen (secondary N) is 1. The second-order valence-electron chi connectivity index (χ2n) is 4.51. The molecule has 0 spiro atoms. The minimum atomic E-state index is 0.343. The Bertz CT molecular complexity index is 514. The van der Waals surface area contributed by atoms with Crippen LogP contribution in [0, 0.1) is 0 Å². The van der Waals surface area contributed by atoms with E-state index in [2.05, 4.69) is 22.5 Å². The minimum absolute atomic E-state index is 0.343. The van der Waals surface area contributed by atoms with Gasteiger partial charge in [0.15, 0.2) is 0 Å². The summed E-state index contributed by atoms with van der Waals surface area (Å²) in [6.45, 7) is 2.63. The number of ether oxygens (including phenoxy) is 1. The van der Waals surface area contributed by atoms with Gasteiger partial charge in [-0.1, -0.05) is 18.2 Å². The molecule has 3 rings (SSSR count). The van der Waals surface area contributed by atoms with Gasteiger partial charge < -0.3 is 10.1 Å². The Morgan fingerprint density at radius 2 is 2.35 bits per heavy atom. The monoisotopic (exact) mass is 231 g/mol. The topological polar surface area (TPSA) is 39.1 Å². The first-order valence-electron chi connectivity index (χ1n) is 6.07. The molecule has 0 radical (unpaired) electrons. The van der Waals surface area contributed by atoms with Crippen LogP contribution in [0.3, 0.4) is 0 Å². The van der Waals surface area contributed by atoms with Crippen molar-refractivity contribution in [1.29, 1.82) is 0 Å². The van der Waals surface area contributed by atoms with Gasteiger partial charge in [-0.15, -0.1) is 0 Å². The zero-order valence-electron chi connectivity index (χ0n) is 10.0. The molecule has 90 valence electrons. The van der Waals surface area contributed by atoms with Crippen LogP contribution in [0.25, 0.3) is 10.9 Å². The summed E-state index contributed by atoms with van der Waals surface area (Å²) in [6.07, 6.45) is 1.45. The van der Waals surface area contributed by atoms with Crippen LogP contribution in [0.2, 0.25) is 0 Å². The van der Waals surface area contributed by atoms with E-state index in [1.807, 2.05) is 23.9 Å². The Kier molecular flexibility index (Phi) is 2.82. The van der Waals surface area contributed by atoms with Crippen molar-refractivity contribution in [3.8, 4) is 0 Å². The number of aromatic nitrogens is 2. The molecule has 17 heavy (non-hydrogen) atoms. The molecular weight excluding hydrogens is 214 g/mol. The number of nitrogens with zero attached hydrogens (tertiary/aromatic N) is 2. The lowest BCUT2D eigenvalue weighted by atomic mass is 10.2. The van der Waals surface area contributed by atoms with E-state index in [0.717, 1.165) is 30.7 Å². The largest absolute Gasteiger partial charge is 0.370 e. The van der Waals surface area contributed by atoms with Crippen molar-refractivity contribution in [3.63, 3.8) is 0 Å². The molecule has 0 saturated carbocycles. The van der Waals surface area contributed by atoms with Crippen molar-refractivity contribution >= 4 is 10.9 Å². The highest BCUT2D eigenvalue weighted by Crippen LogP contribution is 2.19. The molecule has 1 atom stereocenters. The van der Waals surface area contributed by atoms with Crippen molar-refractivity contribution in [2.24, 2.45) is 7.05 Å². The second-order valence-corrected chi connectivity index (χ2v) is 4.51. The lowest BCUT2D eigenvalue weighted by Gasteiger charge is -2.08. The summed E-state index contributed by atoms with van der Waals surface area (Å²) < 4.78 is 7.79. The molecule has 1 saturated heterocycles. The zero-order valence-corrected chi connectivity index (χ0v) is 10.0. The number of rotatable bonds is 3. The lowest BCUT2D eigenvalue weighted by Crippen LogP contribution is -2.16. The molecule has 0 amide bonds. The van der Waals surface area contributed by atoms with Crippen molar-refractivity contribution in [3.05, 3.63) is 30.0 Å². The van der Waals surface area contributed by atoms with E-state index >= 15 is 0 Å². The minimum Gasteiger partial charge on any atom is -0.370 e. The molecule has 1 unspecified atom stereocenters. The number of para-hydroxylation sites is 1. The van der Waals surface area contributed by atoms with Gasteiger partial charge in [0.05, 0.1) is 23.9 Å². The average Bonchev–Trinajstić information content (AvgIpc) is 2.96. The summed E-state index contributed by atoms with van der Waals surface area (Å²) in [4.78, 5) is 0. The Balaban J connectivity index is 1.80. The highest BCUT2D eigenvalue weighted by molar-refractivity contribution is 5.81. The number of hydrogen-bond donors (Lipinski definition) is 1. The van der Waals surface area contributed by atoms with Crippen LogP contribution in [-0.4, -0.2) is 29.0 Å². The van der Waals surface area contributed by atoms with Gasteiger partial charge >= 0.3 is 0 Å². The van der Waals surface area contributed by atoms with Gasteiger partial charge in [-0.05, 0) is 19.0 Å². The van der Waals surface area contributed by atoms with Crippen LogP contribution in [0.5, 0.6) is 0 Å². The van der Waals surface area contributed by atoms with Crippen molar-refractivity contribution in [1.82, 2.24) is 15.1 Å². The van der Waals surface area contributed by atoms with Crippen molar-refractivity contribution in [2.45, 2.75) is 19.1 Å². The molecule has 4 heteroatoms. The molecule has 2 heterocycles. The molecule has 2 aromatic rings. The number of fused-ring (bicyclic) bond motifs is 1. The third-order valence-corrected chi connectivity index (χ3v) is 3.31. The van der Waals surface area contributed by atoms with Gasteiger partial charge in [0.2, 0.25) is 0 Å². The molecule has 1 N–H and O–H groups in total. The van der Waals surface area contributed by atoms with Gasteiger partial charge in [0, 0.05) is 19.0 Å². The second kappa shape index (κ2) is 4.47. The normalized spacial score (nSPS) is 20.2. The highest BCUT2D eigenvalue weighted by atomic mass is 16.5. The summed E-state index contributed by atoms with van der Waals surface area (Å²) in [5.41, 5.74) is 2.20. The predicted molar refractivity (Wildman–Crippen MR) is 66.8 cm³/mol. The summed E-state index contributed by atoms with van der Waals surface area (Å²) in [7, 11) is 1.98. The Hall–Kier alpha value is -1.39. The van der Waals surface area contributed by atoms with Gasteiger partial charge in [0.25, 0.3) is 0 Å². The van der Waals surface area contributed by atoms with E-state index in [-0.39, 0.29) is 0 Å². The lowest BCUT2D eigenvalue weighted by molar-refractivity contribution is 0.0526. The fourth-order valence-corrected chi connectivity index (χ4v) is 2.36. The van der Waals surface area contributed by atoms with E-state index in [4.69, 9.17) is 4.74 Å². The summed E-state index contributed by atoms with van der Waals surface area (Å²) in [5, 5.41) is 9.02. The average molecular weight is 231 g/mol. The summed E-state index contributed by atoms with van der Waals surface area (Å²) in [5.74, 6) is 0. The standard InChI is InChI=1S/C13H17N3O/c1-16-13-5-3-2-4-11(13)12(15-16)9-17-10-6-7-14-8-10/h2-5,10,14H,6-9H2,1H3. The predicted octanol–water partition coefficient (Wildman–Crippen LogP) is 1.45. The first kappa shape index (κ1) is 10.7. The van der Waals surface area contributed by atoms with E-state index < -0.39 is 0 Å². The van der Waals surface area contributed by atoms with Crippen LogP contribution >= 0.6 is 0 Å². The van der Waals surface area contributed by atoms with Gasteiger partial charge in [-0.3, -0.25) is 4.68 Å². The Morgan fingerprint density at radius 1 is 1.47 bits per heavy atom. The molecule has 4 nitrogen and oxygen atoms in total. The first-order valence-corrected chi connectivity index (χ1v) is 6.07. The third kappa shape index (κ3) is 2.06. The van der Waals surface area contributed by atoms with Crippen LogP contribution in [0.4, 0.5) is 0 Å². The number of hydrogen-bond acceptors (Lipinski definition) is 3. The van der Waals surface area contributed by atoms with Crippen LogP contribution < -0.4 is 5.32 Å². The number of aryl methyl sites for hydroxylation is 1. The molecule has 1 aliphatic heterocycles. The highest BCUT2D eigenvalue weighted by Gasteiger charge is 2.16. The van der Waals surface area contributed by atoms with E-state index in [9.17, 15) is 0 Å². The molecule has 0 bridgehead atoms. The maximum absolute atomic E-state index is 5.87.